The number of nitrogens with zero attached hydrogens (tertiary/aromatic N) is 4. The van der Waals surface area contributed by atoms with Gasteiger partial charge in [-0.3, -0.25) is 4.79 Å². The average molecular weight is 365 g/mol. The lowest BCUT2D eigenvalue weighted by molar-refractivity contribution is -0.130. The SMILES string of the molecule is CN(C)C(=O)N1CC2CC(C)(NCC(=O)N3C[C@@H](F)C[C@H]3C#N)CC2C1. The second-order valence-corrected chi connectivity index (χ2v) is 8.45. The Morgan fingerprint density at radius 1 is 1.27 bits per heavy atom. The van der Waals surface area contributed by atoms with E-state index in [0.29, 0.717) is 11.8 Å². The summed E-state index contributed by atoms with van der Waals surface area (Å²) in [5.41, 5.74) is -0.158. The number of carbonyl (C=O) groups is 2. The van der Waals surface area contributed by atoms with Crippen LogP contribution in [0.1, 0.15) is 26.2 Å². The highest BCUT2D eigenvalue weighted by molar-refractivity contribution is 5.79. The number of alkyl halides is 1. The van der Waals surface area contributed by atoms with Crippen molar-refractivity contribution in [2.24, 2.45) is 11.8 Å². The molecular weight excluding hydrogens is 337 g/mol. The number of nitriles is 1. The minimum absolute atomic E-state index is 0.0162. The number of rotatable bonds is 3. The summed E-state index contributed by atoms with van der Waals surface area (Å²) in [6.07, 6.45) is 0.829. The molecule has 3 fully saturated rings. The second-order valence-electron chi connectivity index (χ2n) is 8.45. The molecule has 1 saturated carbocycles. The number of fused-ring (bicyclic) bond motifs is 1. The minimum Gasteiger partial charge on any atom is -0.331 e. The molecule has 1 N–H and O–H groups in total. The van der Waals surface area contributed by atoms with Crippen LogP contribution in [0.2, 0.25) is 0 Å². The predicted octanol–water partition coefficient (Wildman–Crippen LogP) is 0.821. The maximum atomic E-state index is 13.5. The maximum absolute atomic E-state index is 13.5. The predicted molar refractivity (Wildman–Crippen MR) is 93.9 cm³/mol. The monoisotopic (exact) mass is 365 g/mol. The standard InChI is InChI=1S/C18H28FN5O2/c1-18(21-8-16(25)24-11-14(19)4-15(24)7-20)5-12-9-23(10-13(12)6-18)17(26)22(2)3/h12-15,21H,4-6,8-11H2,1-3H3/t12?,13?,14-,15-,18?/m0/s1. The van der Waals surface area contributed by atoms with Gasteiger partial charge < -0.3 is 20.0 Å². The number of nitrogens with one attached hydrogen (secondary N) is 1. The normalized spacial score (nSPS) is 36.1. The van der Waals surface area contributed by atoms with Crippen LogP contribution in [0.3, 0.4) is 0 Å². The van der Waals surface area contributed by atoms with E-state index in [2.05, 4.69) is 12.2 Å². The van der Waals surface area contributed by atoms with Crippen molar-refractivity contribution >= 4 is 11.9 Å². The first kappa shape index (κ1) is 18.9. The Balaban J connectivity index is 1.51. The largest absolute Gasteiger partial charge is 0.331 e. The van der Waals surface area contributed by atoms with E-state index < -0.39 is 12.2 Å². The number of likely N-dealkylation sites (tertiary alicyclic amines) is 2. The van der Waals surface area contributed by atoms with E-state index in [0.717, 1.165) is 25.9 Å². The van der Waals surface area contributed by atoms with Crippen molar-refractivity contribution < 1.29 is 14.0 Å². The van der Waals surface area contributed by atoms with E-state index in [9.17, 15) is 14.0 Å². The maximum Gasteiger partial charge on any atom is 0.319 e. The fourth-order valence-electron chi connectivity index (χ4n) is 4.80. The molecule has 8 heteroatoms. The Bertz CT molecular complexity index is 605. The van der Waals surface area contributed by atoms with Gasteiger partial charge in [0.05, 0.1) is 19.2 Å². The van der Waals surface area contributed by atoms with Crippen LogP contribution < -0.4 is 5.32 Å². The van der Waals surface area contributed by atoms with Crippen LogP contribution in [0.25, 0.3) is 0 Å². The number of hydrogen-bond acceptors (Lipinski definition) is 4. The molecule has 0 aromatic carbocycles. The Hall–Kier alpha value is -1.88. The number of halogens is 1. The molecule has 3 aliphatic rings. The van der Waals surface area contributed by atoms with Gasteiger partial charge in [-0.05, 0) is 31.6 Å². The van der Waals surface area contributed by atoms with Crippen LogP contribution in [-0.4, -0.2) is 84.7 Å². The molecule has 3 amide bonds. The third kappa shape index (κ3) is 3.63. The zero-order valence-electron chi connectivity index (χ0n) is 15.7. The van der Waals surface area contributed by atoms with Crippen molar-refractivity contribution in [1.29, 1.82) is 5.26 Å². The molecule has 2 unspecified atom stereocenters. The zero-order valence-corrected chi connectivity index (χ0v) is 15.7. The van der Waals surface area contributed by atoms with Crippen LogP contribution in [-0.2, 0) is 4.79 Å². The summed E-state index contributed by atoms with van der Waals surface area (Å²) in [7, 11) is 3.53. The van der Waals surface area contributed by atoms with E-state index in [1.165, 1.54) is 4.90 Å². The molecular formula is C18H28FN5O2. The minimum atomic E-state index is -1.11. The molecule has 4 atom stereocenters. The molecule has 2 aliphatic heterocycles. The summed E-state index contributed by atoms with van der Waals surface area (Å²) in [5.74, 6) is 0.681. The molecule has 1 aliphatic carbocycles. The molecule has 3 rings (SSSR count). The lowest BCUT2D eigenvalue weighted by Crippen LogP contribution is -2.49. The van der Waals surface area contributed by atoms with Crippen LogP contribution in [0.5, 0.6) is 0 Å². The van der Waals surface area contributed by atoms with Gasteiger partial charge in [0.2, 0.25) is 5.91 Å². The van der Waals surface area contributed by atoms with Gasteiger partial charge in [0.15, 0.2) is 0 Å². The summed E-state index contributed by atoms with van der Waals surface area (Å²) in [5, 5.41) is 12.4. The van der Waals surface area contributed by atoms with Gasteiger partial charge in [-0.25, -0.2) is 9.18 Å². The van der Waals surface area contributed by atoms with Crippen LogP contribution in [0.15, 0.2) is 0 Å². The van der Waals surface area contributed by atoms with Crippen LogP contribution in [0.4, 0.5) is 9.18 Å². The van der Waals surface area contributed by atoms with Crippen LogP contribution >= 0.6 is 0 Å². The highest BCUT2D eigenvalue weighted by Crippen LogP contribution is 2.43. The lowest BCUT2D eigenvalue weighted by atomic mass is 9.98. The third-order valence-electron chi connectivity index (χ3n) is 6.04. The van der Waals surface area contributed by atoms with E-state index >= 15 is 0 Å². The topological polar surface area (TPSA) is 79.7 Å². The van der Waals surface area contributed by atoms with E-state index in [4.69, 9.17) is 5.26 Å². The van der Waals surface area contributed by atoms with E-state index in [-0.39, 0.29) is 37.0 Å². The fourth-order valence-corrected chi connectivity index (χ4v) is 4.80. The average Bonchev–Trinajstić information content (AvgIpc) is 3.22. The number of hydrogen-bond donors (Lipinski definition) is 1. The zero-order chi connectivity index (χ0) is 19.1. The Kier molecular flexibility index (Phi) is 5.11. The molecule has 2 saturated heterocycles. The van der Waals surface area contributed by atoms with Gasteiger partial charge in [0, 0.05) is 39.1 Å². The summed E-state index contributed by atoms with van der Waals surface area (Å²) in [6.45, 7) is 3.78. The van der Waals surface area contributed by atoms with Crippen molar-refractivity contribution in [3.63, 3.8) is 0 Å². The number of urea groups is 1. The summed E-state index contributed by atoms with van der Waals surface area (Å²) in [4.78, 5) is 29.4. The molecule has 2 heterocycles. The third-order valence-corrected chi connectivity index (χ3v) is 6.04. The molecule has 26 heavy (non-hydrogen) atoms. The van der Waals surface area contributed by atoms with Crippen LogP contribution in [0, 0.1) is 23.2 Å². The Morgan fingerprint density at radius 3 is 2.42 bits per heavy atom. The van der Waals surface area contributed by atoms with Crippen molar-refractivity contribution in [2.75, 3.05) is 40.3 Å². The first-order valence-corrected chi connectivity index (χ1v) is 9.27. The van der Waals surface area contributed by atoms with Gasteiger partial charge in [-0.2, -0.15) is 5.26 Å². The highest BCUT2D eigenvalue weighted by atomic mass is 19.1. The van der Waals surface area contributed by atoms with Gasteiger partial charge in [-0.15, -0.1) is 0 Å². The van der Waals surface area contributed by atoms with E-state index in [1.807, 2.05) is 11.0 Å². The second kappa shape index (κ2) is 7.03. The molecule has 7 nitrogen and oxygen atoms in total. The summed E-state index contributed by atoms with van der Waals surface area (Å²) >= 11 is 0. The van der Waals surface area contributed by atoms with Crippen molar-refractivity contribution in [3.8, 4) is 6.07 Å². The van der Waals surface area contributed by atoms with Crippen molar-refractivity contribution in [1.82, 2.24) is 20.0 Å². The number of amides is 3. The number of carbonyl (C=O) groups excluding carboxylic acids is 2. The molecule has 0 aromatic rings. The molecule has 0 bridgehead atoms. The van der Waals surface area contributed by atoms with Gasteiger partial charge in [0.1, 0.15) is 12.2 Å². The lowest BCUT2D eigenvalue weighted by Gasteiger charge is -2.30. The van der Waals surface area contributed by atoms with E-state index in [1.54, 1.807) is 19.0 Å². The summed E-state index contributed by atoms with van der Waals surface area (Å²) in [6, 6.07) is 1.42. The molecule has 144 valence electrons. The van der Waals surface area contributed by atoms with Crippen molar-refractivity contribution in [3.05, 3.63) is 0 Å². The molecule has 0 spiro atoms. The fraction of sp³-hybridized carbons (Fsp3) is 0.833. The first-order valence-electron chi connectivity index (χ1n) is 9.27. The summed E-state index contributed by atoms with van der Waals surface area (Å²) < 4.78 is 13.5. The molecule has 0 radical (unpaired) electrons. The van der Waals surface area contributed by atoms with Gasteiger partial charge in [0.25, 0.3) is 0 Å². The van der Waals surface area contributed by atoms with Gasteiger partial charge >= 0.3 is 6.03 Å². The quantitative estimate of drug-likeness (QED) is 0.803. The van der Waals surface area contributed by atoms with Crippen molar-refractivity contribution in [2.45, 2.75) is 43.9 Å². The van der Waals surface area contributed by atoms with Gasteiger partial charge in [-0.1, -0.05) is 0 Å². The highest BCUT2D eigenvalue weighted by Gasteiger charge is 2.48. The smallest absolute Gasteiger partial charge is 0.319 e. The molecule has 0 aromatic heterocycles. The first-order chi connectivity index (χ1) is 12.2. The Morgan fingerprint density at radius 2 is 1.88 bits per heavy atom. The Labute approximate surface area is 154 Å².